The van der Waals surface area contributed by atoms with Crippen LogP contribution >= 0.6 is 0 Å². The highest BCUT2D eigenvalue weighted by Crippen LogP contribution is 2.48. The number of rotatable bonds is 5. The molecule has 6 heteroatoms. The maximum absolute atomic E-state index is 5.76. The molecule has 0 saturated heterocycles. The van der Waals surface area contributed by atoms with E-state index in [0.717, 1.165) is 36.9 Å². The third-order valence-electron chi connectivity index (χ3n) is 6.94. The van der Waals surface area contributed by atoms with Gasteiger partial charge in [-0.25, -0.2) is 5.10 Å². The number of fused-ring (bicyclic) bond motifs is 1. The first-order valence-electron chi connectivity index (χ1n) is 11.1. The number of nitrogens with zero attached hydrogens (tertiary/aromatic N) is 4. The fourth-order valence-electron chi connectivity index (χ4n) is 5.51. The van der Waals surface area contributed by atoms with Gasteiger partial charge in [0.15, 0.2) is 5.82 Å². The van der Waals surface area contributed by atoms with E-state index in [1.54, 1.807) is 7.11 Å². The van der Waals surface area contributed by atoms with E-state index >= 15 is 0 Å². The van der Waals surface area contributed by atoms with Crippen LogP contribution in [0, 0.1) is 5.92 Å². The Morgan fingerprint density at radius 3 is 2.63 bits per heavy atom. The fraction of sp³-hybridized carbons (Fsp3) is 0.500. The lowest BCUT2D eigenvalue weighted by molar-refractivity contribution is 0.129. The summed E-state index contributed by atoms with van der Waals surface area (Å²) in [7, 11) is 1.80. The van der Waals surface area contributed by atoms with Crippen molar-refractivity contribution in [2.75, 3.05) is 13.7 Å². The van der Waals surface area contributed by atoms with E-state index in [0.29, 0.717) is 18.3 Å². The van der Waals surface area contributed by atoms with E-state index in [4.69, 9.17) is 9.72 Å². The van der Waals surface area contributed by atoms with Crippen molar-refractivity contribution < 1.29 is 4.74 Å². The molecule has 0 spiro atoms. The monoisotopic (exact) mass is 403 g/mol. The number of hydrogen-bond donors (Lipinski definition) is 1. The molecule has 1 fully saturated rings. The van der Waals surface area contributed by atoms with Gasteiger partial charge >= 0.3 is 0 Å². The van der Waals surface area contributed by atoms with Gasteiger partial charge in [-0.15, -0.1) is 5.10 Å². The second-order valence-corrected chi connectivity index (χ2v) is 9.02. The summed E-state index contributed by atoms with van der Waals surface area (Å²) in [6.45, 7) is 3.02. The minimum absolute atomic E-state index is 0.0848. The summed E-state index contributed by atoms with van der Waals surface area (Å²) in [5.41, 5.74) is 7.18. The van der Waals surface area contributed by atoms with Gasteiger partial charge in [0, 0.05) is 18.2 Å². The number of H-pyrrole nitrogens is 1. The van der Waals surface area contributed by atoms with Gasteiger partial charge < -0.3 is 4.74 Å². The van der Waals surface area contributed by atoms with Crippen molar-refractivity contribution in [1.82, 2.24) is 25.6 Å². The molecule has 0 bridgehead atoms. The van der Waals surface area contributed by atoms with E-state index < -0.39 is 0 Å². The summed E-state index contributed by atoms with van der Waals surface area (Å²) < 4.78 is 5.76. The molecule has 1 aromatic carbocycles. The molecule has 3 aromatic rings. The minimum Gasteiger partial charge on any atom is -0.384 e. The lowest BCUT2D eigenvalue weighted by Gasteiger charge is -2.34. The minimum atomic E-state index is -0.0848. The Bertz CT molecular complexity index is 1010. The number of ether oxygens (including phenoxy) is 1. The predicted octanol–water partition coefficient (Wildman–Crippen LogP) is 4.51. The van der Waals surface area contributed by atoms with E-state index in [-0.39, 0.29) is 5.41 Å². The van der Waals surface area contributed by atoms with Crippen molar-refractivity contribution in [3.8, 4) is 22.5 Å². The first kappa shape index (κ1) is 19.4. The second kappa shape index (κ2) is 7.91. The van der Waals surface area contributed by atoms with E-state index in [1.807, 2.05) is 0 Å². The van der Waals surface area contributed by atoms with Crippen molar-refractivity contribution in [2.45, 2.75) is 57.3 Å². The summed E-state index contributed by atoms with van der Waals surface area (Å²) in [5.74, 6) is 1.35. The normalized spacial score (nSPS) is 20.3. The molecule has 2 aliphatic carbocycles. The Balaban J connectivity index is 1.86. The summed E-state index contributed by atoms with van der Waals surface area (Å²) >= 11 is 0. The molecule has 30 heavy (non-hydrogen) atoms. The fourth-order valence-corrected chi connectivity index (χ4v) is 5.51. The molecule has 1 N–H and O–H groups in total. The Hall–Kier alpha value is -2.60. The van der Waals surface area contributed by atoms with Crippen molar-refractivity contribution in [3.05, 3.63) is 47.3 Å². The number of tetrazole rings is 1. The SMILES string of the molecule is COCC1(c2nc3c(c(-c4ccccc4)c2-c2nnn[nH]2)CC(C)CC3)CCCC1. The van der Waals surface area contributed by atoms with Crippen LogP contribution in [0.15, 0.2) is 30.3 Å². The Kier molecular flexibility index (Phi) is 5.11. The average Bonchev–Trinajstić information content (AvgIpc) is 3.46. The Morgan fingerprint density at radius 2 is 1.93 bits per heavy atom. The zero-order chi connectivity index (χ0) is 20.6. The number of benzene rings is 1. The Labute approximate surface area is 177 Å². The van der Waals surface area contributed by atoms with Crippen molar-refractivity contribution in [1.29, 1.82) is 0 Å². The molecule has 1 atom stereocenters. The van der Waals surface area contributed by atoms with Crippen LogP contribution in [-0.4, -0.2) is 39.3 Å². The summed E-state index contributed by atoms with van der Waals surface area (Å²) in [4.78, 5) is 5.37. The van der Waals surface area contributed by atoms with Gasteiger partial charge in [0.2, 0.25) is 0 Å². The molecule has 5 rings (SSSR count). The summed E-state index contributed by atoms with van der Waals surface area (Å²) in [5, 5.41) is 15.3. The summed E-state index contributed by atoms with van der Waals surface area (Å²) in [6.07, 6.45) is 7.84. The number of nitrogens with one attached hydrogen (secondary N) is 1. The van der Waals surface area contributed by atoms with Gasteiger partial charge in [0.25, 0.3) is 0 Å². The molecule has 0 amide bonds. The Morgan fingerprint density at radius 1 is 1.13 bits per heavy atom. The van der Waals surface area contributed by atoms with Crippen LogP contribution in [0.2, 0.25) is 0 Å². The molecular weight excluding hydrogens is 374 g/mol. The van der Waals surface area contributed by atoms with Crippen LogP contribution < -0.4 is 0 Å². The lowest BCUT2D eigenvalue weighted by Crippen LogP contribution is -2.32. The second-order valence-electron chi connectivity index (χ2n) is 9.02. The van der Waals surface area contributed by atoms with Crippen LogP contribution in [0.4, 0.5) is 0 Å². The van der Waals surface area contributed by atoms with Gasteiger partial charge in [-0.2, -0.15) is 0 Å². The maximum atomic E-state index is 5.76. The first-order valence-corrected chi connectivity index (χ1v) is 11.1. The van der Waals surface area contributed by atoms with Crippen LogP contribution in [0.1, 0.15) is 56.0 Å². The van der Waals surface area contributed by atoms with E-state index in [9.17, 15) is 0 Å². The smallest absolute Gasteiger partial charge is 0.181 e. The zero-order valence-corrected chi connectivity index (χ0v) is 17.8. The number of hydrogen-bond acceptors (Lipinski definition) is 5. The number of pyridine rings is 1. The van der Waals surface area contributed by atoms with E-state index in [2.05, 4.69) is 57.9 Å². The van der Waals surface area contributed by atoms with Crippen LogP contribution in [0.25, 0.3) is 22.5 Å². The highest BCUT2D eigenvalue weighted by atomic mass is 16.5. The van der Waals surface area contributed by atoms with Crippen LogP contribution in [-0.2, 0) is 23.0 Å². The molecule has 0 aliphatic heterocycles. The largest absolute Gasteiger partial charge is 0.384 e. The number of aryl methyl sites for hydroxylation is 1. The van der Waals surface area contributed by atoms with Crippen LogP contribution in [0.3, 0.4) is 0 Å². The predicted molar refractivity (Wildman–Crippen MR) is 116 cm³/mol. The van der Waals surface area contributed by atoms with Gasteiger partial charge in [-0.05, 0) is 65.1 Å². The standard InChI is InChI=1S/C24H29N5O/c1-16-10-11-19-18(14-16)20(17-8-4-3-5-9-17)21(23-26-28-29-27-23)22(25-19)24(15-30-2)12-6-7-13-24/h3-5,8-9,16H,6-7,10-15H2,1-2H3,(H,26,27,28,29). The average molecular weight is 404 g/mol. The molecule has 2 aliphatic rings. The lowest BCUT2D eigenvalue weighted by atomic mass is 9.75. The first-order chi connectivity index (χ1) is 14.7. The van der Waals surface area contributed by atoms with Gasteiger partial charge in [-0.1, -0.05) is 50.1 Å². The third-order valence-corrected chi connectivity index (χ3v) is 6.94. The third kappa shape index (κ3) is 3.23. The number of aromatic amines is 1. The molecular formula is C24H29N5O. The number of methoxy groups -OCH3 is 1. The molecule has 2 heterocycles. The zero-order valence-electron chi connectivity index (χ0n) is 17.8. The quantitative estimate of drug-likeness (QED) is 0.678. The van der Waals surface area contributed by atoms with Gasteiger partial charge in [0.05, 0.1) is 17.9 Å². The highest BCUT2D eigenvalue weighted by molar-refractivity contribution is 5.86. The van der Waals surface area contributed by atoms with Crippen LogP contribution in [0.5, 0.6) is 0 Å². The molecule has 156 valence electrons. The highest BCUT2D eigenvalue weighted by Gasteiger charge is 2.42. The summed E-state index contributed by atoms with van der Waals surface area (Å²) in [6, 6.07) is 10.7. The molecule has 6 nitrogen and oxygen atoms in total. The number of aromatic nitrogens is 5. The molecule has 1 unspecified atom stereocenters. The molecule has 0 radical (unpaired) electrons. The van der Waals surface area contributed by atoms with E-state index in [1.165, 1.54) is 41.6 Å². The van der Waals surface area contributed by atoms with Crippen molar-refractivity contribution >= 4 is 0 Å². The van der Waals surface area contributed by atoms with Gasteiger partial charge in [-0.3, -0.25) is 4.98 Å². The van der Waals surface area contributed by atoms with Crippen molar-refractivity contribution in [3.63, 3.8) is 0 Å². The van der Waals surface area contributed by atoms with Gasteiger partial charge in [0.1, 0.15) is 0 Å². The van der Waals surface area contributed by atoms with Crippen molar-refractivity contribution in [2.24, 2.45) is 5.92 Å². The maximum Gasteiger partial charge on any atom is 0.181 e. The molecule has 2 aromatic heterocycles. The topological polar surface area (TPSA) is 76.6 Å². The molecule has 1 saturated carbocycles.